The molecule has 3 rings (SSSR count). The Kier molecular flexibility index (Phi) is 12.3. The fraction of sp³-hybridized carbons (Fsp3) is 0.579. The van der Waals surface area contributed by atoms with E-state index in [4.69, 9.17) is 9.47 Å². The number of carbonyl (C=O) groups is 4. The van der Waals surface area contributed by atoms with Crippen LogP contribution in [-0.4, -0.2) is 58.1 Å². The number of aryl methyl sites for hydroxylation is 2. The lowest BCUT2D eigenvalue weighted by Crippen LogP contribution is -2.56. The van der Waals surface area contributed by atoms with Crippen LogP contribution in [0.15, 0.2) is 48.5 Å². The third kappa shape index (κ3) is 11.1. The van der Waals surface area contributed by atoms with Crippen LogP contribution in [0.25, 0.3) is 0 Å². The van der Waals surface area contributed by atoms with E-state index in [1.54, 1.807) is 46.4 Å². The predicted molar refractivity (Wildman–Crippen MR) is 184 cm³/mol. The predicted octanol–water partition coefficient (Wildman–Crippen LogP) is 6.59. The van der Waals surface area contributed by atoms with Crippen LogP contribution in [0.3, 0.4) is 0 Å². The number of rotatable bonds is 12. The zero-order valence-electron chi connectivity index (χ0n) is 30.1. The highest BCUT2D eigenvalue weighted by Crippen LogP contribution is 2.42. The Bertz CT molecular complexity index is 1390. The molecule has 9 heteroatoms. The fourth-order valence-corrected chi connectivity index (χ4v) is 5.82. The molecule has 0 heterocycles. The molecule has 5 unspecified atom stereocenters. The lowest BCUT2D eigenvalue weighted by molar-refractivity contribution is -0.159. The Morgan fingerprint density at radius 2 is 1.38 bits per heavy atom. The van der Waals surface area contributed by atoms with Crippen molar-refractivity contribution in [2.45, 2.75) is 131 Å². The van der Waals surface area contributed by atoms with Crippen molar-refractivity contribution in [1.82, 2.24) is 15.5 Å². The molecule has 0 aromatic heterocycles. The summed E-state index contributed by atoms with van der Waals surface area (Å²) in [6.45, 7) is 20.5. The summed E-state index contributed by atoms with van der Waals surface area (Å²) in [5.41, 5.74) is 1.71. The maximum Gasteiger partial charge on any atom is 0.408 e. The van der Waals surface area contributed by atoms with Gasteiger partial charge in [0, 0.05) is 12.5 Å². The fourth-order valence-electron chi connectivity index (χ4n) is 5.82. The van der Waals surface area contributed by atoms with Crippen LogP contribution >= 0.6 is 0 Å². The van der Waals surface area contributed by atoms with Gasteiger partial charge in [0.25, 0.3) is 0 Å². The van der Waals surface area contributed by atoms with Gasteiger partial charge >= 0.3 is 12.1 Å². The van der Waals surface area contributed by atoms with Gasteiger partial charge in [0.2, 0.25) is 11.8 Å². The molecule has 0 spiro atoms. The summed E-state index contributed by atoms with van der Waals surface area (Å²) in [6.07, 6.45) is 0.582. The average Bonchev–Trinajstić information content (AvgIpc) is 3.65. The molecule has 3 amide bonds. The third-order valence-electron chi connectivity index (χ3n) is 8.01. The summed E-state index contributed by atoms with van der Waals surface area (Å²) in [5, 5.41) is 5.82. The molecular weight excluding hydrogens is 594 g/mol. The van der Waals surface area contributed by atoms with Gasteiger partial charge in [-0.25, -0.2) is 9.59 Å². The molecule has 2 aromatic rings. The second kappa shape index (κ2) is 15.3. The Morgan fingerprint density at radius 3 is 1.87 bits per heavy atom. The first-order valence-corrected chi connectivity index (χ1v) is 16.7. The van der Waals surface area contributed by atoms with Crippen molar-refractivity contribution >= 4 is 23.9 Å². The second-order valence-corrected chi connectivity index (χ2v) is 15.3. The van der Waals surface area contributed by atoms with Crippen LogP contribution in [0.4, 0.5) is 4.79 Å². The number of benzene rings is 2. The van der Waals surface area contributed by atoms with Crippen molar-refractivity contribution < 1.29 is 28.7 Å². The first-order valence-electron chi connectivity index (χ1n) is 16.7. The summed E-state index contributed by atoms with van der Waals surface area (Å²) in [5.74, 6) is -1.20. The van der Waals surface area contributed by atoms with Gasteiger partial charge < -0.3 is 25.0 Å². The van der Waals surface area contributed by atoms with Crippen LogP contribution in [0.2, 0.25) is 0 Å². The van der Waals surface area contributed by atoms with E-state index in [0.29, 0.717) is 18.4 Å². The van der Waals surface area contributed by atoms with Crippen molar-refractivity contribution in [2.75, 3.05) is 0 Å². The largest absolute Gasteiger partial charge is 0.458 e. The quantitative estimate of drug-likeness (QED) is 0.251. The van der Waals surface area contributed by atoms with E-state index in [2.05, 4.69) is 10.6 Å². The van der Waals surface area contributed by atoms with Gasteiger partial charge in [-0.1, -0.05) is 69.3 Å². The number of esters is 1. The molecule has 0 aliphatic heterocycles. The topological polar surface area (TPSA) is 114 Å². The van der Waals surface area contributed by atoms with E-state index in [1.165, 1.54) is 0 Å². The van der Waals surface area contributed by atoms with Crippen LogP contribution in [0.1, 0.15) is 103 Å². The normalized spacial score (nSPS) is 18.0. The molecule has 1 fully saturated rings. The molecule has 1 aliphatic carbocycles. The molecule has 1 saturated carbocycles. The number of amides is 3. The minimum Gasteiger partial charge on any atom is -0.458 e. The molecule has 9 nitrogen and oxygen atoms in total. The van der Waals surface area contributed by atoms with E-state index >= 15 is 0 Å². The number of hydrogen-bond acceptors (Lipinski definition) is 6. The van der Waals surface area contributed by atoms with E-state index in [0.717, 1.165) is 16.7 Å². The van der Waals surface area contributed by atoms with E-state index in [-0.39, 0.29) is 30.2 Å². The zero-order chi connectivity index (χ0) is 35.3. The van der Waals surface area contributed by atoms with Crippen molar-refractivity contribution in [1.29, 1.82) is 0 Å². The monoisotopic (exact) mass is 649 g/mol. The Hall–Kier alpha value is -3.88. The Labute approximate surface area is 281 Å². The second-order valence-electron chi connectivity index (χ2n) is 15.3. The van der Waals surface area contributed by atoms with Gasteiger partial charge in [0.05, 0.1) is 0 Å². The van der Waals surface area contributed by atoms with Gasteiger partial charge in [-0.05, 0) is 102 Å². The first kappa shape index (κ1) is 37.6. The summed E-state index contributed by atoms with van der Waals surface area (Å²) in [4.78, 5) is 57.7. The molecule has 2 aromatic carbocycles. The lowest BCUT2D eigenvalue weighted by Gasteiger charge is -2.37. The van der Waals surface area contributed by atoms with Crippen molar-refractivity contribution in [3.63, 3.8) is 0 Å². The molecular formula is C38H55N3O6. The summed E-state index contributed by atoms with van der Waals surface area (Å²) in [7, 11) is 0. The number of nitrogens with one attached hydrogen (secondary N) is 2. The number of carbonyl (C=O) groups excluding carboxylic acids is 4. The van der Waals surface area contributed by atoms with E-state index in [9.17, 15) is 19.2 Å². The van der Waals surface area contributed by atoms with E-state index < -0.39 is 47.3 Å². The zero-order valence-corrected chi connectivity index (χ0v) is 30.1. The molecule has 0 saturated heterocycles. The van der Waals surface area contributed by atoms with Gasteiger partial charge in [-0.15, -0.1) is 0 Å². The minimum absolute atomic E-state index is 0.0623. The molecule has 0 bridgehead atoms. The maximum atomic E-state index is 14.7. The van der Waals surface area contributed by atoms with Gasteiger partial charge in [-0.3, -0.25) is 9.59 Å². The molecule has 5 atom stereocenters. The molecule has 258 valence electrons. The SMILES string of the molecule is Cc1cccc(C)c1C(C(=O)NC(Cc1ccccc1)C(=O)OC(C)(C)C)N(C(=O)C(CC(C)C)NC(=O)OC(C)(C)C)C1CC1C. The highest BCUT2D eigenvalue weighted by atomic mass is 16.6. The van der Waals surface area contributed by atoms with Crippen LogP contribution in [0.5, 0.6) is 0 Å². The van der Waals surface area contributed by atoms with Crippen LogP contribution < -0.4 is 10.6 Å². The van der Waals surface area contributed by atoms with Gasteiger partial charge in [-0.2, -0.15) is 0 Å². The number of hydrogen-bond donors (Lipinski definition) is 2. The Balaban J connectivity index is 2.12. The summed E-state index contributed by atoms with van der Waals surface area (Å²) < 4.78 is 11.3. The summed E-state index contributed by atoms with van der Waals surface area (Å²) in [6, 6.07) is 12.0. The van der Waals surface area contributed by atoms with Crippen molar-refractivity contribution in [3.8, 4) is 0 Å². The Morgan fingerprint density at radius 1 is 0.830 bits per heavy atom. The van der Waals surface area contributed by atoms with Crippen molar-refractivity contribution in [2.24, 2.45) is 11.8 Å². The van der Waals surface area contributed by atoms with Crippen LogP contribution in [-0.2, 0) is 30.3 Å². The maximum absolute atomic E-state index is 14.7. The standard InChI is InChI=1S/C38H55N3O6/c1-23(2)20-28(40-36(45)47-38(9,10)11)34(43)41(30-21-26(30)5)32(31-24(3)16-15-17-25(31)4)33(42)39-29(35(44)46-37(6,7)8)22-27-18-13-12-14-19-27/h12-19,23,26,28-30,32H,20-22H2,1-11H3,(H,39,42)(H,40,45). The smallest absolute Gasteiger partial charge is 0.408 e. The highest BCUT2D eigenvalue weighted by Gasteiger charge is 2.49. The molecule has 0 radical (unpaired) electrons. The van der Waals surface area contributed by atoms with Gasteiger partial charge in [0.1, 0.15) is 29.3 Å². The number of alkyl carbamates (subject to hydrolysis) is 1. The number of ether oxygens (including phenoxy) is 2. The molecule has 1 aliphatic rings. The minimum atomic E-state index is -1.06. The van der Waals surface area contributed by atoms with Crippen molar-refractivity contribution in [3.05, 3.63) is 70.8 Å². The van der Waals surface area contributed by atoms with E-state index in [1.807, 2.05) is 83.1 Å². The average molecular weight is 650 g/mol. The van der Waals surface area contributed by atoms with Crippen LogP contribution in [0, 0.1) is 25.7 Å². The summed E-state index contributed by atoms with van der Waals surface area (Å²) >= 11 is 0. The van der Waals surface area contributed by atoms with Gasteiger partial charge in [0.15, 0.2) is 0 Å². The highest BCUT2D eigenvalue weighted by molar-refractivity contribution is 5.94. The number of nitrogens with zero attached hydrogens (tertiary/aromatic N) is 1. The first-order chi connectivity index (χ1) is 21.8. The third-order valence-corrected chi connectivity index (χ3v) is 8.01. The molecule has 47 heavy (non-hydrogen) atoms. The molecule has 2 N–H and O–H groups in total. The lowest BCUT2D eigenvalue weighted by atomic mass is 9.92.